The van der Waals surface area contributed by atoms with Crippen molar-refractivity contribution in [2.75, 3.05) is 5.75 Å². The average Bonchev–Trinajstić information content (AvgIpc) is 2.10. The van der Waals surface area contributed by atoms with E-state index in [0.29, 0.717) is 11.3 Å². The van der Waals surface area contributed by atoms with Gasteiger partial charge in [-0.15, -0.1) is 0 Å². The highest BCUT2D eigenvalue weighted by Crippen LogP contribution is 2.20. The maximum atomic E-state index is 12.8. The minimum atomic E-state index is -0.750. The van der Waals surface area contributed by atoms with Crippen LogP contribution in [-0.2, 0) is 0 Å². The van der Waals surface area contributed by atoms with Crippen molar-refractivity contribution < 1.29 is 8.78 Å². The fourth-order valence-electron chi connectivity index (χ4n) is 0.860. The fourth-order valence-corrected chi connectivity index (χ4v) is 1.07. The molecule has 0 radical (unpaired) electrons. The van der Waals surface area contributed by atoms with Gasteiger partial charge in [-0.1, -0.05) is 23.8 Å². The summed E-state index contributed by atoms with van der Waals surface area (Å²) < 4.78 is 25.7. The highest BCUT2D eigenvalue weighted by Gasteiger charge is 2.06. The minimum Gasteiger partial charge on any atom is -0.205 e. The third-order valence-electron chi connectivity index (χ3n) is 1.42. The zero-order valence-corrected chi connectivity index (χ0v) is 8.25. The molecule has 0 nitrogen and oxygen atoms in total. The van der Waals surface area contributed by atoms with Crippen LogP contribution in [0.5, 0.6) is 0 Å². The quantitative estimate of drug-likeness (QED) is 0.572. The van der Waals surface area contributed by atoms with Gasteiger partial charge in [0.2, 0.25) is 0 Å². The van der Waals surface area contributed by atoms with Crippen molar-refractivity contribution in [3.8, 4) is 0 Å². The Balaban J connectivity index is 3.06. The van der Waals surface area contributed by atoms with Crippen LogP contribution in [0.25, 0.3) is 6.08 Å². The van der Waals surface area contributed by atoms with Gasteiger partial charge in [-0.25, -0.2) is 8.78 Å². The summed E-state index contributed by atoms with van der Waals surface area (Å²) in [6.07, 6.45) is 3.26. The van der Waals surface area contributed by atoms with E-state index >= 15 is 0 Å². The molecule has 1 rings (SSSR count). The van der Waals surface area contributed by atoms with E-state index in [1.807, 2.05) is 0 Å². The van der Waals surface area contributed by atoms with Gasteiger partial charge in [0.25, 0.3) is 0 Å². The summed E-state index contributed by atoms with van der Waals surface area (Å²) in [5, 5.41) is -0.469. The number of hydrogen-bond acceptors (Lipinski definition) is 1. The highest BCUT2D eigenvalue weighted by molar-refractivity contribution is 7.80. The highest BCUT2D eigenvalue weighted by atomic mass is 35.5. The van der Waals surface area contributed by atoms with Gasteiger partial charge in [-0.2, -0.15) is 12.6 Å². The second kappa shape index (κ2) is 4.63. The van der Waals surface area contributed by atoms with Crippen molar-refractivity contribution >= 4 is 30.3 Å². The second-order valence-electron chi connectivity index (χ2n) is 2.38. The number of thiol groups is 1. The van der Waals surface area contributed by atoms with Crippen LogP contribution in [0.15, 0.2) is 18.2 Å². The largest absolute Gasteiger partial charge is 0.205 e. The Bertz CT molecular complexity index is 313. The molecule has 0 atom stereocenters. The summed E-state index contributed by atoms with van der Waals surface area (Å²) in [4.78, 5) is 0. The molecule has 0 heterocycles. The number of benzene rings is 1. The molecule has 1 aromatic rings. The van der Waals surface area contributed by atoms with Gasteiger partial charge in [0.15, 0.2) is 0 Å². The first-order valence-electron chi connectivity index (χ1n) is 3.57. The van der Waals surface area contributed by atoms with Gasteiger partial charge >= 0.3 is 0 Å². The van der Waals surface area contributed by atoms with Crippen molar-refractivity contribution in [1.29, 1.82) is 0 Å². The Hall–Kier alpha value is -0.540. The van der Waals surface area contributed by atoms with Crippen LogP contribution in [0.1, 0.15) is 5.56 Å². The van der Waals surface area contributed by atoms with Crippen molar-refractivity contribution in [3.05, 3.63) is 40.4 Å². The molecule has 13 heavy (non-hydrogen) atoms. The molecule has 0 unspecified atom stereocenters. The van der Waals surface area contributed by atoms with Crippen molar-refractivity contribution in [1.82, 2.24) is 0 Å². The molecule has 0 aliphatic rings. The van der Waals surface area contributed by atoms with Gasteiger partial charge in [-0.05, 0) is 17.7 Å². The Morgan fingerprint density at radius 2 is 1.85 bits per heavy atom. The first-order valence-corrected chi connectivity index (χ1v) is 4.58. The van der Waals surface area contributed by atoms with E-state index < -0.39 is 16.7 Å². The predicted molar refractivity (Wildman–Crippen MR) is 54.3 cm³/mol. The van der Waals surface area contributed by atoms with Gasteiger partial charge in [0, 0.05) is 5.75 Å². The predicted octanol–water partition coefficient (Wildman–Crippen LogP) is 3.56. The lowest BCUT2D eigenvalue weighted by Crippen LogP contribution is -1.85. The van der Waals surface area contributed by atoms with E-state index in [4.69, 9.17) is 11.6 Å². The molecule has 4 heteroatoms. The molecule has 0 amide bonds. The zero-order valence-electron chi connectivity index (χ0n) is 6.60. The molecule has 0 aliphatic carbocycles. The maximum absolute atomic E-state index is 12.8. The summed E-state index contributed by atoms with van der Waals surface area (Å²) in [6.45, 7) is 0. The molecule has 0 spiro atoms. The van der Waals surface area contributed by atoms with E-state index in [0.717, 1.165) is 0 Å². The van der Waals surface area contributed by atoms with Gasteiger partial charge < -0.3 is 0 Å². The second-order valence-corrected chi connectivity index (χ2v) is 3.13. The Morgan fingerprint density at radius 1 is 1.31 bits per heavy atom. The summed E-state index contributed by atoms with van der Waals surface area (Å²) in [6, 6.07) is 2.34. The summed E-state index contributed by atoms with van der Waals surface area (Å²) >= 11 is 9.22. The molecule has 1 aromatic carbocycles. The molecule has 70 valence electrons. The van der Waals surface area contributed by atoms with Crippen molar-refractivity contribution in [3.63, 3.8) is 0 Å². The molecule has 0 fully saturated rings. The lowest BCUT2D eigenvalue weighted by atomic mass is 10.2. The first-order chi connectivity index (χ1) is 6.15. The fraction of sp³-hybridized carbons (Fsp3) is 0.111. The third kappa shape index (κ3) is 2.71. The van der Waals surface area contributed by atoms with E-state index in [2.05, 4.69) is 12.6 Å². The van der Waals surface area contributed by atoms with Crippen molar-refractivity contribution in [2.24, 2.45) is 0 Å². The monoisotopic (exact) mass is 220 g/mol. The molecule has 0 saturated heterocycles. The van der Waals surface area contributed by atoms with E-state index in [1.54, 1.807) is 12.2 Å². The van der Waals surface area contributed by atoms with Crippen LogP contribution >= 0.6 is 24.2 Å². The Labute approximate surface area is 85.6 Å². The smallest absolute Gasteiger partial charge is 0.145 e. The minimum absolute atomic E-state index is 0.438. The third-order valence-corrected chi connectivity index (χ3v) is 1.99. The molecule has 0 aliphatic heterocycles. The van der Waals surface area contributed by atoms with E-state index in [9.17, 15) is 8.78 Å². The lowest BCUT2D eigenvalue weighted by molar-refractivity contribution is 0.583. The number of rotatable bonds is 2. The Kier molecular flexibility index (Phi) is 3.75. The van der Waals surface area contributed by atoms with Crippen LogP contribution in [0.2, 0.25) is 5.02 Å². The summed E-state index contributed by atoms with van der Waals surface area (Å²) in [5.41, 5.74) is 0.438. The molecule has 0 N–H and O–H groups in total. The van der Waals surface area contributed by atoms with Crippen molar-refractivity contribution in [2.45, 2.75) is 0 Å². The van der Waals surface area contributed by atoms with Gasteiger partial charge in [-0.3, -0.25) is 0 Å². The number of halogens is 3. The van der Waals surface area contributed by atoms with Gasteiger partial charge in [0.1, 0.15) is 16.7 Å². The maximum Gasteiger partial charge on any atom is 0.145 e. The SMILES string of the molecule is Fc1cc(C=CCS)cc(F)c1Cl. The van der Waals surface area contributed by atoms with E-state index in [1.165, 1.54) is 12.1 Å². The van der Waals surface area contributed by atoms with Crippen LogP contribution in [0.4, 0.5) is 8.78 Å². The van der Waals surface area contributed by atoms with E-state index in [-0.39, 0.29) is 0 Å². The molecule has 0 aromatic heterocycles. The lowest BCUT2D eigenvalue weighted by Gasteiger charge is -1.98. The van der Waals surface area contributed by atoms with Crippen LogP contribution in [0, 0.1) is 11.6 Å². The molecular formula is C9H7ClF2S. The topological polar surface area (TPSA) is 0 Å². The van der Waals surface area contributed by atoms with Gasteiger partial charge in [0.05, 0.1) is 0 Å². The van der Waals surface area contributed by atoms with Crippen LogP contribution < -0.4 is 0 Å². The summed E-state index contributed by atoms with van der Waals surface area (Å²) in [7, 11) is 0. The Morgan fingerprint density at radius 3 is 2.31 bits per heavy atom. The molecule has 0 bridgehead atoms. The number of hydrogen-bond donors (Lipinski definition) is 1. The molecular weight excluding hydrogens is 214 g/mol. The normalized spacial score (nSPS) is 11.1. The average molecular weight is 221 g/mol. The standard InChI is InChI=1S/C9H7ClF2S/c10-9-7(11)4-6(2-1-3-13)5-8(9)12/h1-2,4-5,13H,3H2. The first kappa shape index (κ1) is 10.5. The van der Waals surface area contributed by atoms with Crippen LogP contribution in [-0.4, -0.2) is 5.75 Å². The molecule has 0 saturated carbocycles. The zero-order chi connectivity index (χ0) is 9.84. The summed E-state index contributed by atoms with van der Waals surface area (Å²) in [5.74, 6) is -0.979. The van der Waals surface area contributed by atoms with Crippen LogP contribution in [0.3, 0.4) is 0 Å².